The van der Waals surface area contributed by atoms with Gasteiger partial charge in [0.2, 0.25) is 5.91 Å². The second-order valence-electron chi connectivity index (χ2n) is 6.82. The predicted octanol–water partition coefficient (Wildman–Crippen LogP) is 4.98. The molecule has 1 aliphatic rings. The fourth-order valence-corrected chi connectivity index (χ4v) is 3.57. The van der Waals surface area contributed by atoms with Crippen LogP contribution >= 0.6 is 0 Å². The highest BCUT2D eigenvalue weighted by atomic mass is 16.2. The van der Waals surface area contributed by atoms with E-state index in [1.807, 2.05) is 23.1 Å². The van der Waals surface area contributed by atoms with E-state index in [9.17, 15) is 4.79 Å². The Bertz CT molecular complexity index is 913. The Hall–Kier alpha value is -2.87. The summed E-state index contributed by atoms with van der Waals surface area (Å²) < 4.78 is 0. The first-order chi connectivity index (χ1) is 12.1. The van der Waals surface area contributed by atoms with Crippen LogP contribution in [0.1, 0.15) is 33.7 Å². The zero-order chi connectivity index (χ0) is 17.4. The molecule has 1 unspecified atom stereocenters. The topological polar surface area (TPSA) is 20.3 Å². The molecule has 0 aromatic heterocycles. The number of fused-ring (bicyclic) bond motifs is 1. The lowest BCUT2D eigenvalue weighted by atomic mass is 9.91. The number of hydrogen-bond donors (Lipinski definition) is 0. The molecule has 0 aliphatic carbocycles. The van der Waals surface area contributed by atoms with Gasteiger partial charge in [0, 0.05) is 5.69 Å². The molecule has 1 amide bonds. The second-order valence-corrected chi connectivity index (χ2v) is 6.82. The van der Waals surface area contributed by atoms with E-state index in [1.165, 1.54) is 11.1 Å². The van der Waals surface area contributed by atoms with E-state index in [0.29, 0.717) is 6.54 Å². The molecule has 25 heavy (non-hydrogen) atoms. The number of benzene rings is 3. The Labute approximate surface area is 148 Å². The molecule has 0 fully saturated rings. The molecule has 2 nitrogen and oxygen atoms in total. The Balaban J connectivity index is 1.78. The van der Waals surface area contributed by atoms with Gasteiger partial charge >= 0.3 is 0 Å². The second kappa shape index (κ2) is 6.21. The molecular formula is C23H21NO. The number of anilines is 1. The van der Waals surface area contributed by atoms with Gasteiger partial charge < -0.3 is 4.90 Å². The largest absolute Gasteiger partial charge is 0.307 e. The summed E-state index contributed by atoms with van der Waals surface area (Å²) in [4.78, 5) is 15.2. The number of aryl methyl sites for hydroxylation is 2. The summed E-state index contributed by atoms with van der Waals surface area (Å²) in [7, 11) is 0. The summed E-state index contributed by atoms with van der Waals surface area (Å²) in [5.74, 6) is -0.0486. The number of hydrogen-bond acceptors (Lipinski definition) is 1. The minimum absolute atomic E-state index is 0.160. The average Bonchev–Trinajstić information content (AvgIpc) is 2.88. The lowest BCUT2D eigenvalue weighted by molar-refractivity contribution is -0.118. The maximum absolute atomic E-state index is 13.3. The average molecular weight is 327 g/mol. The molecular weight excluding hydrogens is 306 g/mol. The summed E-state index contributed by atoms with van der Waals surface area (Å²) in [6, 6.07) is 24.8. The van der Waals surface area contributed by atoms with Gasteiger partial charge in [0.25, 0.3) is 0 Å². The Morgan fingerprint density at radius 2 is 1.52 bits per heavy atom. The van der Waals surface area contributed by atoms with Crippen LogP contribution in [0.15, 0.2) is 72.8 Å². The van der Waals surface area contributed by atoms with E-state index in [2.05, 4.69) is 68.4 Å². The van der Waals surface area contributed by atoms with Crippen LogP contribution in [-0.2, 0) is 11.3 Å². The molecule has 0 radical (unpaired) electrons. The highest BCUT2D eigenvalue weighted by molar-refractivity contribution is 6.07. The quantitative estimate of drug-likeness (QED) is 0.664. The fourth-order valence-electron chi connectivity index (χ4n) is 3.57. The van der Waals surface area contributed by atoms with Gasteiger partial charge in [-0.15, -0.1) is 0 Å². The number of carbonyl (C=O) groups is 1. The van der Waals surface area contributed by atoms with Crippen LogP contribution in [0.3, 0.4) is 0 Å². The van der Waals surface area contributed by atoms with Crippen molar-refractivity contribution in [1.29, 1.82) is 0 Å². The van der Waals surface area contributed by atoms with Gasteiger partial charge in [-0.05, 0) is 36.6 Å². The van der Waals surface area contributed by atoms with E-state index in [1.54, 1.807) is 0 Å². The normalized spacial score (nSPS) is 16.2. The number of rotatable bonds is 3. The summed E-state index contributed by atoms with van der Waals surface area (Å²) in [6.07, 6.45) is 0. The van der Waals surface area contributed by atoms with E-state index in [-0.39, 0.29) is 11.8 Å². The van der Waals surface area contributed by atoms with Crippen molar-refractivity contribution in [3.05, 3.63) is 101 Å². The maximum atomic E-state index is 13.3. The zero-order valence-electron chi connectivity index (χ0n) is 14.6. The summed E-state index contributed by atoms with van der Waals surface area (Å²) >= 11 is 0. The van der Waals surface area contributed by atoms with Crippen LogP contribution in [0.2, 0.25) is 0 Å². The van der Waals surface area contributed by atoms with Gasteiger partial charge in [-0.2, -0.15) is 0 Å². The standard InChI is InChI=1S/C23H21NO/c1-16-8-11-19(12-9-16)22-20-14-17(2)10-13-21(20)24(23(22)25)15-18-6-4-3-5-7-18/h3-14,22H,15H2,1-2H3. The van der Waals surface area contributed by atoms with Gasteiger partial charge in [-0.1, -0.05) is 77.9 Å². The van der Waals surface area contributed by atoms with Crippen LogP contribution in [0, 0.1) is 13.8 Å². The van der Waals surface area contributed by atoms with Crippen LogP contribution in [-0.4, -0.2) is 5.91 Å². The molecule has 124 valence electrons. The van der Waals surface area contributed by atoms with Crippen LogP contribution in [0.4, 0.5) is 5.69 Å². The zero-order valence-corrected chi connectivity index (χ0v) is 14.6. The van der Waals surface area contributed by atoms with Crippen LogP contribution in [0.25, 0.3) is 0 Å². The summed E-state index contributed by atoms with van der Waals surface area (Å²) in [5, 5.41) is 0. The minimum Gasteiger partial charge on any atom is -0.307 e. The van der Waals surface area contributed by atoms with E-state index in [4.69, 9.17) is 0 Å². The van der Waals surface area contributed by atoms with Crippen LogP contribution < -0.4 is 4.90 Å². The van der Waals surface area contributed by atoms with Gasteiger partial charge in [-0.3, -0.25) is 4.79 Å². The molecule has 1 aliphatic heterocycles. The summed E-state index contributed by atoms with van der Waals surface area (Å²) in [6.45, 7) is 4.76. The lowest BCUT2D eigenvalue weighted by Crippen LogP contribution is -2.28. The fraction of sp³-hybridized carbons (Fsp3) is 0.174. The molecule has 0 spiro atoms. The van der Waals surface area contributed by atoms with Gasteiger partial charge in [-0.25, -0.2) is 0 Å². The Kier molecular flexibility index (Phi) is 3.89. The first-order valence-corrected chi connectivity index (χ1v) is 8.66. The third-order valence-corrected chi connectivity index (χ3v) is 4.89. The van der Waals surface area contributed by atoms with E-state index < -0.39 is 0 Å². The first-order valence-electron chi connectivity index (χ1n) is 8.66. The molecule has 1 heterocycles. The number of amides is 1. The maximum Gasteiger partial charge on any atom is 0.239 e. The van der Waals surface area contributed by atoms with Gasteiger partial charge in [0.15, 0.2) is 0 Å². The highest BCUT2D eigenvalue weighted by Crippen LogP contribution is 2.42. The molecule has 0 saturated heterocycles. The first kappa shape index (κ1) is 15.6. The van der Waals surface area contributed by atoms with E-state index in [0.717, 1.165) is 22.4 Å². The van der Waals surface area contributed by atoms with Crippen molar-refractivity contribution >= 4 is 11.6 Å². The molecule has 1 atom stereocenters. The lowest BCUT2D eigenvalue weighted by Gasteiger charge is -2.18. The molecule has 2 heteroatoms. The van der Waals surface area contributed by atoms with Crippen LogP contribution in [0.5, 0.6) is 0 Å². The van der Waals surface area contributed by atoms with Crippen molar-refractivity contribution in [1.82, 2.24) is 0 Å². The Morgan fingerprint density at radius 1 is 0.840 bits per heavy atom. The van der Waals surface area contributed by atoms with Crippen molar-refractivity contribution in [3.8, 4) is 0 Å². The van der Waals surface area contributed by atoms with Crippen molar-refractivity contribution in [2.45, 2.75) is 26.3 Å². The number of nitrogens with zero attached hydrogens (tertiary/aromatic N) is 1. The van der Waals surface area contributed by atoms with Gasteiger partial charge in [0.05, 0.1) is 12.5 Å². The minimum atomic E-state index is -0.209. The van der Waals surface area contributed by atoms with Crippen molar-refractivity contribution < 1.29 is 4.79 Å². The predicted molar refractivity (Wildman–Crippen MR) is 102 cm³/mol. The summed E-state index contributed by atoms with van der Waals surface area (Å²) in [5.41, 5.74) is 6.75. The Morgan fingerprint density at radius 3 is 2.24 bits per heavy atom. The van der Waals surface area contributed by atoms with Crippen molar-refractivity contribution in [2.75, 3.05) is 4.90 Å². The molecule has 3 aromatic carbocycles. The van der Waals surface area contributed by atoms with E-state index >= 15 is 0 Å². The third kappa shape index (κ3) is 2.85. The van der Waals surface area contributed by atoms with Gasteiger partial charge in [0.1, 0.15) is 0 Å². The molecule has 4 rings (SSSR count). The smallest absolute Gasteiger partial charge is 0.239 e. The third-order valence-electron chi connectivity index (χ3n) is 4.89. The van der Waals surface area contributed by atoms with Crippen molar-refractivity contribution in [2.24, 2.45) is 0 Å². The molecule has 0 saturated carbocycles. The number of carbonyl (C=O) groups excluding carboxylic acids is 1. The highest BCUT2D eigenvalue weighted by Gasteiger charge is 2.38. The SMILES string of the molecule is Cc1ccc(C2C(=O)N(Cc3ccccc3)c3ccc(C)cc32)cc1. The molecule has 3 aromatic rings. The molecule has 0 N–H and O–H groups in total. The monoisotopic (exact) mass is 327 g/mol. The van der Waals surface area contributed by atoms with Crippen molar-refractivity contribution in [3.63, 3.8) is 0 Å². The molecule has 0 bridgehead atoms.